The average Bonchev–Trinajstić information content (AvgIpc) is 2.73. The van der Waals surface area contributed by atoms with Crippen LogP contribution in [-0.4, -0.2) is 38.1 Å². The van der Waals surface area contributed by atoms with Gasteiger partial charge in [-0.05, 0) is 50.5 Å². The molecule has 2 aromatic rings. The monoisotopic (exact) mass is 410 g/mol. The Morgan fingerprint density at radius 3 is 2.27 bits per heavy atom. The molecular formula is C24H30N2O4. The minimum absolute atomic E-state index is 0.0163. The van der Waals surface area contributed by atoms with Crippen molar-refractivity contribution in [1.29, 1.82) is 0 Å². The van der Waals surface area contributed by atoms with E-state index < -0.39 is 0 Å². The quantitative estimate of drug-likeness (QED) is 0.629. The van der Waals surface area contributed by atoms with Crippen molar-refractivity contribution in [3.05, 3.63) is 59.7 Å². The molecule has 6 heteroatoms. The molecule has 3 rings (SSSR count). The van der Waals surface area contributed by atoms with Gasteiger partial charge in [0, 0.05) is 17.5 Å². The number of hydrogen-bond donors (Lipinski definition) is 2. The third-order valence-electron chi connectivity index (χ3n) is 5.54. The molecule has 0 bridgehead atoms. The first-order chi connectivity index (χ1) is 14.6. The standard InChI is InChI=1S/C24H30N2O4/c1-3-29-20-12-11-18(15-21(20)30-4-2)23(28)25-16-22(27)26-17-24(13-8-14-24)19-9-6-5-7-10-19/h5-7,9-12,15H,3-4,8,13-14,16-17H2,1-2H3,(H,25,28)(H,26,27). The van der Waals surface area contributed by atoms with Crippen molar-refractivity contribution in [3.63, 3.8) is 0 Å². The number of ether oxygens (including phenoxy) is 2. The Bertz CT molecular complexity index is 863. The summed E-state index contributed by atoms with van der Waals surface area (Å²) in [6.45, 7) is 5.26. The van der Waals surface area contributed by atoms with Crippen molar-refractivity contribution < 1.29 is 19.1 Å². The second kappa shape index (κ2) is 10.1. The highest BCUT2D eigenvalue weighted by atomic mass is 16.5. The summed E-state index contributed by atoms with van der Waals surface area (Å²) in [5.74, 6) is 0.601. The van der Waals surface area contributed by atoms with Gasteiger partial charge < -0.3 is 20.1 Å². The first kappa shape index (κ1) is 21.7. The molecule has 1 aliphatic rings. The van der Waals surface area contributed by atoms with E-state index in [2.05, 4.69) is 22.8 Å². The lowest BCUT2D eigenvalue weighted by Gasteiger charge is -2.42. The smallest absolute Gasteiger partial charge is 0.251 e. The van der Waals surface area contributed by atoms with E-state index in [1.54, 1.807) is 18.2 Å². The first-order valence-electron chi connectivity index (χ1n) is 10.6. The molecule has 30 heavy (non-hydrogen) atoms. The lowest BCUT2D eigenvalue weighted by atomic mass is 9.64. The second-order valence-corrected chi connectivity index (χ2v) is 7.49. The Hall–Kier alpha value is -3.02. The number of nitrogens with one attached hydrogen (secondary N) is 2. The Labute approximate surface area is 178 Å². The van der Waals surface area contributed by atoms with Crippen LogP contribution in [0.15, 0.2) is 48.5 Å². The van der Waals surface area contributed by atoms with E-state index in [1.165, 1.54) is 12.0 Å². The second-order valence-electron chi connectivity index (χ2n) is 7.49. The van der Waals surface area contributed by atoms with Crippen LogP contribution < -0.4 is 20.1 Å². The topological polar surface area (TPSA) is 76.7 Å². The van der Waals surface area contributed by atoms with Crippen LogP contribution in [0.25, 0.3) is 0 Å². The molecule has 2 amide bonds. The summed E-state index contributed by atoms with van der Waals surface area (Å²) in [6, 6.07) is 15.3. The van der Waals surface area contributed by atoms with E-state index in [0.717, 1.165) is 12.8 Å². The van der Waals surface area contributed by atoms with Crippen LogP contribution in [0, 0.1) is 0 Å². The van der Waals surface area contributed by atoms with Crippen molar-refractivity contribution in [2.75, 3.05) is 26.3 Å². The Morgan fingerprint density at radius 2 is 1.63 bits per heavy atom. The fraction of sp³-hybridized carbons (Fsp3) is 0.417. The maximum atomic E-state index is 12.5. The molecule has 1 aliphatic carbocycles. The third kappa shape index (κ3) is 5.12. The van der Waals surface area contributed by atoms with Gasteiger partial charge in [0.25, 0.3) is 5.91 Å². The molecule has 0 aliphatic heterocycles. The largest absolute Gasteiger partial charge is 0.490 e. The van der Waals surface area contributed by atoms with E-state index >= 15 is 0 Å². The van der Waals surface area contributed by atoms with Crippen LogP contribution >= 0.6 is 0 Å². The Balaban J connectivity index is 1.53. The normalized spacial score (nSPS) is 14.3. The number of carbonyl (C=O) groups excluding carboxylic acids is 2. The lowest BCUT2D eigenvalue weighted by molar-refractivity contribution is -0.120. The van der Waals surface area contributed by atoms with Crippen molar-refractivity contribution in [3.8, 4) is 11.5 Å². The maximum absolute atomic E-state index is 12.5. The van der Waals surface area contributed by atoms with Gasteiger partial charge in [0.05, 0.1) is 19.8 Å². The van der Waals surface area contributed by atoms with Crippen LogP contribution in [0.4, 0.5) is 0 Å². The van der Waals surface area contributed by atoms with Gasteiger partial charge in [0.1, 0.15) is 0 Å². The summed E-state index contributed by atoms with van der Waals surface area (Å²) in [7, 11) is 0. The van der Waals surface area contributed by atoms with Gasteiger partial charge in [-0.25, -0.2) is 0 Å². The van der Waals surface area contributed by atoms with Gasteiger partial charge >= 0.3 is 0 Å². The first-order valence-corrected chi connectivity index (χ1v) is 10.6. The highest BCUT2D eigenvalue weighted by molar-refractivity contribution is 5.97. The van der Waals surface area contributed by atoms with Crippen LogP contribution in [-0.2, 0) is 10.2 Å². The molecule has 0 heterocycles. The van der Waals surface area contributed by atoms with Gasteiger partial charge in [0.15, 0.2) is 11.5 Å². The molecule has 0 aromatic heterocycles. The number of hydrogen-bond acceptors (Lipinski definition) is 4. The van der Waals surface area contributed by atoms with E-state index in [0.29, 0.717) is 36.8 Å². The lowest BCUT2D eigenvalue weighted by Crippen LogP contribution is -2.47. The highest BCUT2D eigenvalue weighted by Crippen LogP contribution is 2.43. The SMILES string of the molecule is CCOc1ccc(C(=O)NCC(=O)NCC2(c3ccccc3)CCC2)cc1OCC. The summed E-state index contributed by atoms with van der Waals surface area (Å²) in [6.07, 6.45) is 3.30. The predicted octanol–water partition coefficient (Wildman–Crippen LogP) is 3.45. The van der Waals surface area contributed by atoms with Crippen molar-refractivity contribution >= 4 is 11.8 Å². The van der Waals surface area contributed by atoms with Gasteiger partial charge in [-0.1, -0.05) is 36.8 Å². The van der Waals surface area contributed by atoms with Gasteiger partial charge in [0.2, 0.25) is 5.91 Å². The Kier molecular flexibility index (Phi) is 7.33. The van der Waals surface area contributed by atoms with Crippen molar-refractivity contribution in [1.82, 2.24) is 10.6 Å². The molecule has 0 saturated heterocycles. The van der Waals surface area contributed by atoms with E-state index in [4.69, 9.17) is 9.47 Å². The molecule has 1 saturated carbocycles. The zero-order chi connectivity index (χ0) is 21.4. The summed E-state index contributed by atoms with van der Waals surface area (Å²) in [4.78, 5) is 24.8. The van der Waals surface area contributed by atoms with Crippen LogP contribution in [0.2, 0.25) is 0 Å². The molecule has 2 aromatic carbocycles. The summed E-state index contributed by atoms with van der Waals surface area (Å²) in [5, 5.41) is 5.67. The molecule has 0 spiro atoms. The molecule has 0 atom stereocenters. The van der Waals surface area contributed by atoms with Crippen LogP contribution in [0.5, 0.6) is 11.5 Å². The van der Waals surface area contributed by atoms with E-state index in [9.17, 15) is 9.59 Å². The summed E-state index contributed by atoms with van der Waals surface area (Å²) in [5.41, 5.74) is 1.70. The Morgan fingerprint density at radius 1 is 0.933 bits per heavy atom. The molecule has 6 nitrogen and oxygen atoms in total. The molecule has 0 unspecified atom stereocenters. The third-order valence-corrected chi connectivity index (χ3v) is 5.54. The molecular weight excluding hydrogens is 380 g/mol. The van der Waals surface area contributed by atoms with Gasteiger partial charge in [-0.15, -0.1) is 0 Å². The van der Waals surface area contributed by atoms with E-state index in [1.807, 2.05) is 32.0 Å². The highest BCUT2D eigenvalue weighted by Gasteiger charge is 2.38. The minimum atomic E-state index is -0.324. The summed E-state index contributed by atoms with van der Waals surface area (Å²) < 4.78 is 11.1. The van der Waals surface area contributed by atoms with Crippen molar-refractivity contribution in [2.45, 2.75) is 38.5 Å². The minimum Gasteiger partial charge on any atom is -0.490 e. The molecule has 0 radical (unpaired) electrons. The summed E-state index contributed by atoms with van der Waals surface area (Å²) >= 11 is 0. The molecule has 160 valence electrons. The zero-order valence-electron chi connectivity index (χ0n) is 17.7. The fourth-order valence-corrected chi connectivity index (χ4v) is 3.75. The number of benzene rings is 2. The van der Waals surface area contributed by atoms with Gasteiger partial charge in [-0.2, -0.15) is 0 Å². The van der Waals surface area contributed by atoms with Gasteiger partial charge in [-0.3, -0.25) is 9.59 Å². The number of rotatable bonds is 10. The predicted molar refractivity (Wildman–Crippen MR) is 116 cm³/mol. The van der Waals surface area contributed by atoms with Crippen LogP contribution in [0.1, 0.15) is 49.0 Å². The number of carbonyl (C=O) groups is 2. The number of amides is 2. The zero-order valence-corrected chi connectivity index (χ0v) is 17.7. The fourth-order valence-electron chi connectivity index (χ4n) is 3.75. The molecule has 1 fully saturated rings. The van der Waals surface area contributed by atoms with Crippen molar-refractivity contribution in [2.24, 2.45) is 0 Å². The van der Waals surface area contributed by atoms with Crippen LogP contribution in [0.3, 0.4) is 0 Å². The molecule has 2 N–H and O–H groups in total. The average molecular weight is 411 g/mol. The van der Waals surface area contributed by atoms with E-state index in [-0.39, 0.29) is 23.8 Å². The maximum Gasteiger partial charge on any atom is 0.251 e.